The van der Waals surface area contributed by atoms with Crippen LogP contribution < -0.4 is 0 Å². The van der Waals surface area contributed by atoms with Gasteiger partial charge in [-0.2, -0.15) is 0 Å². The maximum absolute atomic E-state index is 13.5. The lowest BCUT2D eigenvalue weighted by atomic mass is 10.0. The molecule has 0 aliphatic rings. The van der Waals surface area contributed by atoms with Crippen LogP contribution in [0.5, 0.6) is 0 Å². The third-order valence-electron chi connectivity index (χ3n) is 2.40. The van der Waals surface area contributed by atoms with Crippen LogP contribution in [0.1, 0.15) is 5.56 Å². The zero-order chi connectivity index (χ0) is 12.4. The monoisotopic (exact) mass is 300 g/mol. The van der Waals surface area contributed by atoms with E-state index in [0.29, 0.717) is 23.0 Å². The number of alkyl halides is 1. The summed E-state index contributed by atoms with van der Waals surface area (Å²) in [5, 5.41) is 0.668. The molecule has 0 nitrogen and oxygen atoms in total. The van der Waals surface area contributed by atoms with Crippen LogP contribution in [-0.4, -0.2) is 0 Å². The van der Waals surface area contributed by atoms with Gasteiger partial charge < -0.3 is 0 Å². The van der Waals surface area contributed by atoms with Crippen molar-refractivity contribution in [2.24, 2.45) is 0 Å². The molecular formula is C13H8BrF3. The minimum absolute atomic E-state index is 0.201. The number of hydrogen-bond acceptors (Lipinski definition) is 0. The molecule has 0 aliphatic heterocycles. The summed E-state index contributed by atoms with van der Waals surface area (Å²) >= 11 is 3.28. The first kappa shape index (κ1) is 12.2. The first-order valence-corrected chi connectivity index (χ1v) is 6.04. The topological polar surface area (TPSA) is 0 Å². The molecule has 0 heterocycles. The second-order valence-corrected chi connectivity index (χ2v) is 4.14. The van der Waals surface area contributed by atoms with E-state index >= 15 is 0 Å². The van der Waals surface area contributed by atoms with Gasteiger partial charge in [-0.15, -0.1) is 0 Å². The van der Waals surface area contributed by atoms with Crippen LogP contribution in [0.2, 0.25) is 0 Å². The Morgan fingerprint density at radius 2 is 1.41 bits per heavy atom. The van der Waals surface area contributed by atoms with E-state index in [1.165, 1.54) is 0 Å². The molecule has 2 rings (SSSR count). The third-order valence-corrected chi connectivity index (χ3v) is 3.05. The quantitative estimate of drug-likeness (QED) is 0.707. The van der Waals surface area contributed by atoms with Crippen molar-refractivity contribution in [3.05, 3.63) is 59.4 Å². The van der Waals surface area contributed by atoms with Gasteiger partial charge in [0, 0.05) is 17.5 Å². The van der Waals surface area contributed by atoms with E-state index in [9.17, 15) is 13.2 Å². The van der Waals surface area contributed by atoms with Crippen molar-refractivity contribution >= 4 is 15.9 Å². The van der Waals surface area contributed by atoms with Crippen molar-refractivity contribution in [2.45, 2.75) is 5.33 Å². The van der Waals surface area contributed by atoms with Crippen LogP contribution in [0.4, 0.5) is 13.2 Å². The molecule has 0 saturated heterocycles. The second-order valence-electron chi connectivity index (χ2n) is 3.57. The SMILES string of the molecule is Fc1cc(F)c(-c2ccc(CBr)cc2)c(F)c1. The van der Waals surface area contributed by atoms with Crippen molar-refractivity contribution in [2.75, 3.05) is 0 Å². The lowest BCUT2D eigenvalue weighted by Crippen LogP contribution is -1.92. The lowest BCUT2D eigenvalue weighted by molar-refractivity contribution is 0.548. The Balaban J connectivity index is 2.52. The van der Waals surface area contributed by atoms with Gasteiger partial charge in [-0.05, 0) is 11.1 Å². The summed E-state index contributed by atoms with van der Waals surface area (Å²) in [6.45, 7) is 0. The summed E-state index contributed by atoms with van der Waals surface area (Å²) in [4.78, 5) is 0. The van der Waals surface area contributed by atoms with Gasteiger partial charge in [0.2, 0.25) is 0 Å². The molecule has 0 saturated carbocycles. The molecule has 0 spiro atoms. The Bertz CT molecular complexity index is 512. The van der Waals surface area contributed by atoms with Gasteiger partial charge in [0.05, 0.1) is 5.56 Å². The van der Waals surface area contributed by atoms with Gasteiger partial charge in [-0.25, -0.2) is 13.2 Å². The van der Waals surface area contributed by atoms with E-state index < -0.39 is 17.5 Å². The minimum atomic E-state index is -0.916. The van der Waals surface area contributed by atoms with Crippen LogP contribution in [0.15, 0.2) is 36.4 Å². The Morgan fingerprint density at radius 1 is 0.882 bits per heavy atom. The molecule has 17 heavy (non-hydrogen) atoms. The molecule has 0 aliphatic carbocycles. The van der Waals surface area contributed by atoms with Crippen molar-refractivity contribution in [3.63, 3.8) is 0 Å². The van der Waals surface area contributed by atoms with Crippen LogP contribution in [-0.2, 0) is 5.33 Å². The van der Waals surface area contributed by atoms with Gasteiger partial charge in [0.15, 0.2) is 0 Å². The molecule has 2 aromatic carbocycles. The number of rotatable bonds is 2. The predicted molar refractivity (Wildman–Crippen MR) is 64.4 cm³/mol. The normalized spacial score (nSPS) is 10.6. The smallest absolute Gasteiger partial charge is 0.136 e. The lowest BCUT2D eigenvalue weighted by Gasteiger charge is -2.06. The number of halogens is 4. The molecule has 0 unspecified atom stereocenters. The molecule has 0 amide bonds. The van der Waals surface area contributed by atoms with Crippen molar-refractivity contribution in [1.29, 1.82) is 0 Å². The maximum atomic E-state index is 13.5. The van der Waals surface area contributed by atoms with Gasteiger partial charge in [-0.3, -0.25) is 0 Å². The first-order chi connectivity index (χ1) is 8.11. The summed E-state index contributed by atoms with van der Waals surface area (Å²) in [5.74, 6) is -2.70. The number of hydrogen-bond donors (Lipinski definition) is 0. The maximum Gasteiger partial charge on any atom is 0.136 e. The summed E-state index contributed by atoms with van der Waals surface area (Å²) in [6, 6.07) is 8.08. The zero-order valence-corrected chi connectivity index (χ0v) is 10.3. The molecule has 0 aromatic heterocycles. The van der Waals surface area contributed by atoms with E-state index in [1.54, 1.807) is 24.3 Å². The summed E-state index contributed by atoms with van der Waals surface area (Å²) in [6.07, 6.45) is 0. The molecule has 2 aromatic rings. The van der Waals surface area contributed by atoms with Crippen LogP contribution in [0.25, 0.3) is 11.1 Å². The molecule has 0 N–H and O–H groups in total. The van der Waals surface area contributed by atoms with Crippen molar-refractivity contribution < 1.29 is 13.2 Å². The number of benzene rings is 2. The summed E-state index contributed by atoms with van der Waals surface area (Å²) in [7, 11) is 0. The Labute approximate surface area is 105 Å². The van der Waals surface area contributed by atoms with Gasteiger partial charge >= 0.3 is 0 Å². The molecule has 0 bridgehead atoms. The highest BCUT2D eigenvalue weighted by atomic mass is 79.9. The summed E-state index contributed by atoms with van der Waals surface area (Å²) in [5.41, 5.74) is 1.19. The van der Waals surface area contributed by atoms with Gasteiger partial charge in [0.1, 0.15) is 17.5 Å². The van der Waals surface area contributed by atoms with E-state index in [2.05, 4.69) is 15.9 Å². The van der Waals surface area contributed by atoms with Gasteiger partial charge in [0.25, 0.3) is 0 Å². The Kier molecular flexibility index (Phi) is 3.52. The molecule has 0 radical (unpaired) electrons. The largest absolute Gasteiger partial charge is 0.207 e. The predicted octanol–water partition coefficient (Wildman–Crippen LogP) is 4.67. The third kappa shape index (κ3) is 2.52. The van der Waals surface area contributed by atoms with Crippen LogP contribution in [0.3, 0.4) is 0 Å². The fourth-order valence-electron chi connectivity index (χ4n) is 1.58. The van der Waals surface area contributed by atoms with E-state index in [-0.39, 0.29) is 5.56 Å². The average Bonchev–Trinajstić information content (AvgIpc) is 2.28. The van der Waals surface area contributed by atoms with E-state index in [1.807, 2.05) is 0 Å². The Morgan fingerprint density at radius 3 is 1.88 bits per heavy atom. The molecular weight excluding hydrogens is 293 g/mol. The standard InChI is InChI=1S/C13H8BrF3/c14-7-8-1-3-9(4-2-8)13-11(16)5-10(15)6-12(13)17/h1-6H,7H2. The Hall–Kier alpha value is -1.29. The van der Waals surface area contributed by atoms with Gasteiger partial charge in [-0.1, -0.05) is 40.2 Å². The highest BCUT2D eigenvalue weighted by Crippen LogP contribution is 2.27. The summed E-state index contributed by atoms with van der Waals surface area (Å²) < 4.78 is 39.7. The molecule has 88 valence electrons. The highest BCUT2D eigenvalue weighted by Gasteiger charge is 2.13. The second kappa shape index (κ2) is 4.92. The van der Waals surface area contributed by atoms with E-state index in [4.69, 9.17) is 0 Å². The zero-order valence-electron chi connectivity index (χ0n) is 8.68. The molecule has 4 heteroatoms. The van der Waals surface area contributed by atoms with E-state index in [0.717, 1.165) is 5.56 Å². The van der Waals surface area contributed by atoms with Crippen LogP contribution >= 0.6 is 15.9 Å². The fraction of sp³-hybridized carbons (Fsp3) is 0.0769. The molecule has 0 atom stereocenters. The van der Waals surface area contributed by atoms with Crippen molar-refractivity contribution in [1.82, 2.24) is 0 Å². The molecule has 0 fully saturated rings. The first-order valence-electron chi connectivity index (χ1n) is 4.91. The minimum Gasteiger partial charge on any atom is -0.207 e. The van der Waals surface area contributed by atoms with Crippen LogP contribution in [0, 0.1) is 17.5 Å². The highest BCUT2D eigenvalue weighted by molar-refractivity contribution is 9.08. The van der Waals surface area contributed by atoms with Crippen molar-refractivity contribution in [3.8, 4) is 11.1 Å². The fourth-order valence-corrected chi connectivity index (χ4v) is 1.95. The average molecular weight is 301 g/mol.